The van der Waals surface area contributed by atoms with Crippen LogP contribution in [0, 0.1) is 0 Å². The molecule has 4 heteroatoms. The van der Waals surface area contributed by atoms with Gasteiger partial charge >= 0.3 is 0 Å². The van der Waals surface area contributed by atoms with Crippen molar-refractivity contribution >= 4 is 15.9 Å². The summed E-state index contributed by atoms with van der Waals surface area (Å²) in [5, 5.41) is 3.37. The summed E-state index contributed by atoms with van der Waals surface area (Å²) in [6.45, 7) is 7.13. The zero-order valence-corrected chi connectivity index (χ0v) is 12.3. The van der Waals surface area contributed by atoms with Crippen molar-refractivity contribution in [1.29, 1.82) is 0 Å². The number of rotatable bonds is 4. The number of hydrogen-bond acceptors (Lipinski definition) is 3. The Kier molecular flexibility index (Phi) is 4.66. The third-order valence-electron chi connectivity index (χ3n) is 2.64. The van der Waals surface area contributed by atoms with Crippen molar-refractivity contribution in [2.24, 2.45) is 0 Å². The summed E-state index contributed by atoms with van der Waals surface area (Å²) in [6, 6.07) is 4.11. The Balaban J connectivity index is 2.01. The van der Waals surface area contributed by atoms with Crippen molar-refractivity contribution < 1.29 is 9.47 Å². The normalized spacial score (nSPS) is 13.3. The first-order valence-electron chi connectivity index (χ1n) is 6.09. The molecular formula is C14H18BrNO2. The zero-order chi connectivity index (χ0) is 13.0. The lowest BCUT2D eigenvalue weighted by Crippen LogP contribution is -2.17. The van der Waals surface area contributed by atoms with Crippen LogP contribution in [0.3, 0.4) is 0 Å². The van der Waals surface area contributed by atoms with Crippen LogP contribution in [0.2, 0.25) is 0 Å². The maximum Gasteiger partial charge on any atom is 0.175 e. The van der Waals surface area contributed by atoms with Gasteiger partial charge in [0.05, 0.1) is 4.47 Å². The van der Waals surface area contributed by atoms with Gasteiger partial charge in [0.2, 0.25) is 0 Å². The molecular weight excluding hydrogens is 294 g/mol. The van der Waals surface area contributed by atoms with Gasteiger partial charge in [0.15, 0.2) is 11.5 Å². The van der Waals surface area contributed by atoms with E-state index < -0.39 is 0 Å². The number of fused-ring (bicyclic) bond motifs is 1. The van der Waals surface area contributed by atoms with Gasteiger partial charge in [-0.15, -0.1) is 0 Å². The van der Waals surface area contributed by atoms with Crippen LogP contribution in [0.25, 0.3) is 0 Å². The summed E-state index contributed by atoms with van der Waals surface area (Å²) in [6.07, 6.45) is 2.17. The van der Waals surface area contributed by atoms with Gasteiger partial charge in [-0.3, -0.25) is 0 Å². The van der Waals surface area contributed by atoms with Crippen LogP contribution in [-0.2, 0) is 6.54 Å². The summed E-state index contributed by atoms with van der Waals surface area (Å²) in [5.74, 6) is 1.64. The van der Waals surface area contributed by atoms with Crippen LogP contribution in [0.5, 0.6) is 11.5 Å². The zero-order valence-electron chi connectivity index (χ0n) is 10.8. The van der Waals surface area contributed by atoms with Gasteiger partial charge in [-0.05, 0) is 47.5 Å². The van der Waals surface area contributed by atoms with Gasteiger partial charge in [-0.1, -0.05) is 11.6 Å². The second kappa shape index (κ2) is 6.25. The lowest BCUT2D eigenvalue weighted by atomic mass is 10.2. The van der Waals surface area contributed by atoms with Crippen LogP contribution in [-0.4, -0.2) is 19.8 Å². The summed E-state index contributed by atoms with van der Waals surface area (Å²) in [5.41, 5.74) is 2.51. The molecule has 1 aromatic carbocycles. The molecule has 0 unspecified atom stereocenters. The molecule has 1 aliphatic rings. The third kappa shape index (κ3) is 3.50. The van der Waals surface area contributed by atoms with E-state index in [-0.39, 0.29) is 0 Å². The molecule has 0 saturated carbocycles. The fraction of sp³-hybridized carbons (Fsp3) is 0.429. The van der Waals surface area contributed by atoms with E-state index in [9.17, 15) is 0 Å². The molecule has 98 valence electrons. The molecule has 1 N–H and O–H groups in total. The van der Waals surface area contributed by atoms with Gasteiger partial charge in [-0.25, -0.2) is 0 Å². The highest BCUT2D eigenvalue weighted by Crippen LogP contribution is 2.38. The molecule has 18 heavy (non-hydrogen) atoms. The molecule has 0 spiro atoms. The van der Waals surface area contributed by atoms with Gasteiger partial charge in [0, 0.05) is 13.1 Å². The minimum Gasteiger partial charge on any atom is -0.486 e. The third-order valence-corrected chi connectivity index (χ3v) is 3.23. The van der Waals surface area contributed by atoms with E-state index in [1.807, 2.05) is 6.07 Å². The van der Waals surface area contributed by atoms with Crippen molar-refractivity contribution in [2.75, 3.05) is 19.8 Å². The molecule has 0 atom stereocenters. The molecule has 1 aliphatic heterocycles. The molecule has 3 nitrogen and oxygen atoms in total. The first kappa shape index (κ1) is 13.4. The van der Waals surface area contributed by atoms with Crippen molar-refractivity contribution in [2.45, 2.75) is 20.4 Å². The molecule has 0 aliphatic carbocycles. The Morgan fingerprint density at radius 3 is 2.89 bits per heavy atom. The minimum atomic E-state index is 0.615. The molecule has 2 rings (SSSR count). The van der Waals surface area contributed by atoms with Crippen LogP contribution in [0.1, 0.15) is 19.4 Å². The summed E-state index contributed by atoms with van der Waals surface area (Å²) in [4.78, 5) is 0. The summed E-state index contributed by atoms with van der Waals surface area (Å²) < 4.78 is 12.1. The monoisotopic (exact) mass is 311 g/mol. The number of halogens is 1. The Labute approximate surface area is 116 Å². The van der Waals surface area contributed by atoms with E-state index in [1.54, 1.807) is 0 Å². The van der Waals surface area contributed by atoms with Crippen LogP contribution in [0.4, 0.5) is 0 Å². The van der Waals surface area contributed by atoms with Crippen LogP contribution in [0.15, 0.2) is 28.3 Å². The second-order valence-electron chi connectivity index (χ2n) is 4.51. The Hall–Kier alpha value is -1.00. The molecule has 0 fully saturated rings. The Morgan fingerprint density at radius 2 is 2.11 bits per heavy atom. The molecule has 0 radical (unpaired) electrons. The highest BCUT2D eigenvalue weighted by Gasteiger charge is 2.15. The van der Waals surface area contributed by atoms with Gasteiger partial charge < -0.3 is 14.8 Å². The lowest BCUT2D eigenvalue weighted by molar-refractivity contribution is 0.170. The van der Waals surface area contributed by atoms with Gasteiger partial charge in [0.25, 0.3) is 0 Å². The van der Waals surface area contributed by atoms with Crippen LogP contribution >= 0.6 is 15.9 Å². The SMILES string of the molecule is CC(C)=CCNCc1cc(Br)c2c(c1)OCCO2. The minimum absolute atomic E-state index is 0.615. The van der Waals surface area contributed by atoms with E-state index >= 15 is 0 Å². The van der Waals surface area contributed by atoms with E-state index in [4.69, 9.17) is 9.47 Å². The first-order valence-corrected chi connectivity index (χ1v) is 6.88. The number of hydrogen-bond donors (Lipinski definition) is 1. The number of allylic oxidation sites excluding steroid dienone is 1. The highest BCUT2D eigenvalue weighted by atomic mass is 79.9. The molecule has 0 aromatic heterocycles. The van der Waals surface area contributed by atoms with Gasteiger partial charge in [0.1, 0.15) is 13.2 Å². The predicted octanol–water partition coefficient (Wildman–Crippen LogP) is 3.28. The predicted molar refractivity (Wildman–Crippen MR) is 76.3 cm³/mol. The maximum absolute atomic E-state index is 5.59. The first-order chi connectivity index (χ1) is 8.66. The van der Waals surface area contributed by atoms with E-state index in [0.29, 0.717) is 13.2 Å². The summed E-state index contributed by atoms with van der Waals surface area (Å²) >= 11 is 3.52. The average molecular weight is 312 g/mol. The molecule has 1 aromatic rings. The smallest absolute Gasteiger partial charge is 0.175 e. The molecule has 0 bridgehead atoms. The van der Waals surface area contributed by atoms with E-state index in [2.05, 4.69) is 47.2 Å². The molecule has 1 heterocycles. The van der Waals surface area contributed by atoms with Crippen molar-refractivity contribution in [3.8, 4) is 11.5 Å². The Morgan fingerprint density at radius 1 is 1.33 bits per heavy atom. The van der Waals surface area contributed by atoms with Gasteiger partial charge in [-0.2, -0.15) is 0 Å². The number of benzene rings is 1. The lowest BCUT2D eigenvalue weighted by Gasteiger charge is -2.20. The fourth-order valence-corrected chi connectivity index (χ4v) is 2.36. The Bertz CT molecular complexity index is 453. The number of nitrogens with one attached hydrogen (secondary N) is 1. The maximum atomic E-state index is 5.59. The van der Waals surface area contributed by atoms with Crippen LogP contribution < -0.4 is 14.8 Å². The fourth-order valence-electron chi connectivity index (χ4n) is 1.76. The highest BCUT2D eigenvalue weighted by molar-refractivity contribution is 9.10. The molecule has 0 saturated heterocycles. The van der Waals surface area contributed by atoms with Crippen molar-refractivity contribution in [3.05, 3.63) is 33.8 Å². The van der Waals surface area contributed by atoms with Crippen molar-refractivity contribution in [3.63, 3.8) is 0 Å². The largest absolute Gasteiger partial charge is 0.486 e. The topological polar surface area (TPSA) is 30.5 Å². The van der Waals surface area contributed by atoms with E-state index in [1.165, 1.54) is 11.1 Å². The average Bonchev–Trinajstić information content (AvgIpc) is 2.35. The van der Waals surface area contributed by atoms with Crippen molar-refractivity contribution in [1.82, 2.24) is 5.32 Å². The standard InChI is InChI=1S/C14H18BrNO2/c1-10(2)3-4-16-9-11-7-12(15)14-13(8-11)17-5-6-18-14/h3,7-8,16H,4-6,9H2,1-2H3. The quantitative estimate of drug-likeness (QED) is 0.684. The summed E-state index contributed by atoms with van der Waals surface area (Å²) in [7, 11) is 0. The number of ether oxygens (including phenoxy) is 2. The molecule has 0 amide bonds. The van der Waals surface area contributed by atoms with E-state index in [0.717, 1.165) is 29.1 Å². The second-order valence-corrected chi connectivity index (χ2v) is 5.37.